The van der Waals surface area contributed by atoms with E-state index in [-0.39, 0.29) is 18.2 Å². The van der Waals surface area contributed by atoms with E-state index >= 15 is 0 Å². The van der Waals surface area contributed by atoms with Crippen LogP contribution >= 0.6 is 0 Å². The Hall–Kier alpha value is -2.52. The van der Waals surface area contributed by atoms with Gasteiger partial charge in [-0.1, -0.05) is 66.7 Å². The molecule has 0 spiro atoms. The van der Waals surface area contributed by atoms with Crippen molar-refractivity contribution in [3.05, 3.63) is 83.9 Å². The molecule has 2 aromatic rings. The summed E-state index contributed by atoms with van der Waals surface area (Å²) < 4.78 is 5.41. The van der Waals surface area contributed by atoms with Crippen LogP contribution in [-0.2, 0) is 16.1 Å². The SMILES string of the molecule is O=C(CCC/C=C/C(=O)c1ccccc1)COCc1ccccc1. The van der Waals surface area contributed by atoms with Gasteiger partial charge < -0.3 is 4.74 Å². The molecule has 3 nitrogen and oxygen atoms in total. The molecule has 124 valence electrons. The summed E-state index contributed by atoms with van der Waals surface area (Å²) in [7, 11) is 0. The monoisotopic (exact) mass is 322 g/mol. The van der Waals surface area contributed by atoms with Gasteiger partial charge >= 0.3 is 0 Å². The van der Waals surface area contributed by atoms with E-state index < -0.39 is 0 Å². The number of hydrogen-bond donors (Lipinski definition) is 0. The zero-order valence-corrected chi connectivity index (χ0v) is 13.7. The first-order valence-corrected chi connectivity index (χ1v) is 8.15. The van der Waals surface area contributed by atoms with E-state index in [2.05, 4.69) is 0 Å². The number of unbranched alkanes of at least 4 members (excludes halogenated alkanes) is 1. The van der Waals surface area contributed by atoms with Gasteiger partial charge in [0.25, 0.3) is 0 Å². The third kappa shape index (κ3) is 6.71. The summed E-state index contributed by atoms with van der Waals surface area (Å²) in [6.07, 6.45) is 5.31. The maximum atomic E-state index is 11.8. The number of ether oxygens (including phenoxy) is 1. The second-order valence-electron chi connectivity index (χ2n) is 5.54. The highest BCUT2D eigenvalue weighted by Crippen LogP contribution is 2.04. The van der Waals surface area contributed by atoms with Gasteiger partial charge in [-0.3, -0.25) is 9.59 Å². The van der Waals surface area contributed by atoms with Crippen molar-refractivity contribution in [2.45, 2.75) is 25.9 Å². The van der Waals surface area contributed by atoms with Crippen LogP contribution < -0.4 is 0 Å². The highest BCUT2D eigenvalue weighted by molar-refractivity contribution is 6.04. The molecule has 0 radical (unpaired) electrons. The number of rotatable bonds is 10. The fourth-order valence-corrected chi connectivity index (χ4v) is 2.24. The van der Waals surface area contributed by atoms with Gasteiger partial charge in [0.15, 0.2) is 11.6 Å². The Labute approximate surface area is 143 Å². The van der Waals surface area contributed by atoms with E-state index in [9.17, 15) is 9.59 Å². The fraction of sp³-hybridized carbons (Fsp3) is 0.238. The van der Waals surface area contributed by atoms with Crippen LogP contribution in [0.25, 0.3) is 0 Å². The topological polar surface area (TPSA) is 43.4 Å². The second-order valence-corrected chi connectivity index (χ2v) is 5.54. The maximum Gasteiger partial charge on any atom is 0.185 e. The summed E-state index contributed by atoms with van der Waals surface area (Å²) in [5.41, 5.74) is 1.74. The van der Waals surface area contributed by atoms with Gasteiger partial charge in [0.1, 0.15) is 6.61 Å². The lowest BCUT2D eigenvalue weighted by atomic mass is 10.1. The van der Waals surface area contributed by atoms with Crippen LogP contribution in [0.15, 0.2) is 72.8 Å². The number of ketones is 2. The first-order valence-electron chi connectivity index (χ1n) is 8.15. The number of benzene rings is 2. The van der Waals surface area contributed by atoms with Gasteiger partial charge in [0.2, 0.25) is 0 Å². The molecule has 0 atom stereocenters. The van der Waals surface area contributed by atoms with Crippen LogP contribution in [0.2, 0.25) is 0 Å². The minimum atomic E-state index is -0.00637. The smallest absolute Gasteiger partial charge is 0.185 e. The van der Waals surface area contributed by atoms with Gasteiger partial charge in [-0.25, -0.2) is 0 Å². The van der Waals surface area contributed by atoms with Crippen molar-refractivity contribution in [1.29, 1.82) is 0 Å². The lowest BCUT2D eigenvalue weighted by molar-refractivity contribution is -0.124. The van der Waals surface area contributed by atoms with Crippen molar-refractivity contribution in [1.82, 2.24) is 0 Å². The predicted octanol–water partition coefficient (Wildman–Crippen LogP) is 4.38. The maximum absolute atomic E-state index is 11.8. The van der Waals surface area contributed by atoms with Crippen LogP contribution in [-0.4, -0.2) is 18.2 Å². The Morgan fingerprint density at radius 3 is 2.29 bits per heavy atom. The molecule has 0 bridgehead atoms. The first-order chi connectivity index (χ1) is 11.8. The second kappa shape index (κ2) is 10.3. The average Bonchev–Trinajstić information content (AvgIpc) is 2.63. The molecule has 24 heavy (non-hydrogen) atoms. The van der Waals surface area contributed by atoms with Gasteiger partial charge in [-0.05, 0) is 24.5 Å². The molecule has 0 N–H and O–H groups in total. The third-order valence-electron chi connectivity index (χ3n) is 3.53. The average molecular weight is 322 g/mol. The Morgan fingerprint density at radius 1 is 0.917 bits per heavy atom. The first kappa shape index (κ1) is 17.8. The Bertz CT molecular complexity index is 660. The van der Waals surface area contributed by atoms with Crippen LogP contribution in [0.3, 0.4) is 0 Å². The number of allylic oxidation sites excluding steroid dienone is 2. The zero-order valence-electron chi connectivity index (χ0n) is 13.7. The molecule has 0 saturated heterocycles. The molecule has 0 amide bonds. The minimum absolute atomic E-state index is 0.00637. The van der Waals surface area contributed by atoms with Crippen molar-refractivity contribution in [3.8, 4) is 0 Å². The molecular formula is C21H22O3. The van der Waals surface area contributed by atoms with Crippen LogP contribution in [0.1, 0.15) is 35.2 Å². The molecule has 0 fully saturated rings. The van der Waals surface area contributed by atoms with E-state index in [0.717, 1.165) is 12.0 Å². The summed E-state index contributed by atoms with van der Waals surface area (Å²) in [5.74, 6) is 0.0850. The summed E-state index contributed by atoms with van der Waals surface area (Å²) in [5, 5.41) is 0. The van der Waals surface area contributed by atoms with Crippen molar-refractivity contribution in [2.75, 3.05) is 6.61 Å². The minimum Gasteiger partial charge on any atom is -0.369 e. The van der Waals surface area contributed by atoms with E-state index in [1.165, 1.54) is 0 Å². The summed E-state index contributed by atoms with van der Waals surface area (Å²) in [6, 6.07) is 18.9. The van der Waals surface area contributed by atoms with E-state index in [1.54, 1.807) is 18.2 Å². The Kier molecular flexibility index (Phi) is 7.64. The molecule has 0 unspecified atom stereocenters. The fourth-order valence-electron chi connectivity index (χ4n) is 2.24. The lowest BCUT2D eigenvalue weighted by Gasteiger charge is -2.03. The summed E-state index contributed by atoms with van der Waals surface area (Å²) in [6.45, 7) is 0.597. The van der Waals surface area contributed by atoms with Crippen molar-refractivity contribution < 1.29 is 14.3 Å². The standard InChI is InChI=1S/C21H22O3/c22-20(17-24-16-18-10-4-1-5-11-18)14-8-3-9-15-21(23)19-12-6-2-7-13-19/h1-2,4-7,9-13,15H,3,8,14,16-17H2/b15-9+. The quantitative estimate of drug-likeness (QED) is 0.370. The Morgan fingerprint density at radius 2 is 1.58 bits per heavy atom. The largest absolute Gasteiger partial charge is 0.369 e. The van der Waals surface area contributed by atoms with Crippen molar-refractivity contribution in [3.63, 3.8) is 0 Å². The molecular weight excluding hydrogens is 300 g/mol. The van der Waals surface area contributed by atoms with Gasteiger partial charge in [-0.2, -0.15) is 0 Å². The molecule has 2 aromatic carbocycles. The summed E-state index contributed by atoms with van der Waals surface area (Å²) >= 11 is 0. The number of carbonyl (C=O) groups is 2. The molecule has 2 rings (SSSR count). The van der Waals surface area contributed by atoms with Gasteiger partial charge in [-0.15, -0.1) is 0 Å². The van der Waals surface area contributed by atoms with Gasteiger partial charge in [0, 0.05) is 12.0 Å². The number of hydrogen-bond acceptors (Lipinski definition) is 3. The van der Waals surface area contributed by atoms with E-state index in [1.807, 2.05) is 54.6 Å². The highest BCUT2D eigenvalue weighted by Gasteiger charge is 2.02. The molecule has 0 aromatic heterocycles. The van der Waals surface area contributed by atoms with Gasteiger partial charge in [0.05, 0.1) is 6.61 Å². The predicted molar refractivity (Wildman–Crippen MR) is 94.9 cm³/mol. The molecule has 0 aliphatic heterocycles. The van der Waals surface area contributed by atoms with Crippen molar-refractivity contribution >= 4 is 11.6 Å². The van der Waals surface area contributed by atoms with Crippen molar-refractivity contribution in [2.24, 2.45) is 0 Å². The summed E-state index contributed by atoms with van der Waals surface area (Å²) in [4.78, 5) is 23.6. The van der Waals surface area contributed by atoms with Crippen LogP contribution in [0.5, 0.6) is 0 Å². The molecule has 0 aliphatic rings. The van der Waals surface area contributed by atoms with Crippen LogP contribution in [0.4, 0.5) is 0 Å². The molecule has 0 saturated carbocycles. The molecule has 0 aliphatic carbocycles. The molecule has 3 heteroatoms. The number of carbonyl (C=O) groups excluding carboxylic acids is 2. The lowest BCUT2D eigenvalue weighted by Crippen LogP contribution is -2.08. The third-order valence-corrected chi connectivity index (χ3v) is 3.53. The van der Waals surface area contributed by atoms with E-state index in [4.69, 9.17) is 4.74 Å². The normalized spacial score (nSPS) is 10.8. The van der Waals surface area contributed by atoms with E-state index in [0.29, 0.717) is 25.0 Å². The van der Waals surface area contributed by atoms with Crippen LogP contribution in [0, 0.1) is 0 Å². The molecule has 0 heterocycles. The zero-order chi connectivity index (χ0) is 17.0. The Balaban J connectivity index is 1.57. The number of Topliss-reactive ketones (excluding diaryl/α,β-unsaturated/α-hetero) is 1. The highest BCUT2D eigenvalue weighted by atomic mass is 16.5.